The number of likely N-dealkylation sites (N-methyl/N-ethyl adjacent to an activating group) is 1. The topological polar surface area (TPSA) is 170 Å². The number of carboxylic acid groups (broad SMARTS) is 1. The van der Waals surface area contributed by atoms with E-state index in [0.29, 0.717) is 12.0 Å². The van der Waals surface area contributed by atoms with E-state index in [4.69, 9.17) is 5.73 Å². The first kappa shape index (κ1) is 31.5. The van der Waals surface area contributed by atoms with Gasteiger partial charge >= 0.3 is 5.97 Å². The number of phenolic OH excluding ortho intramolecular Hbond substituents is 1. The third kappa shape index (κ3) is 11.0. The van der Waals surface area contributed by atoms with E-state index < -0.39 is 52.8 Å². The zero-order valence-corrected chi connectivity index (χ0v) is 22.2. The summed E-state index contributed by atoms with van der Waals surface area (Å²) in [5.41, 5.74) is 6.62. The smallest absolute Gasteiger partial charge is 0.326 e. The van der Waals surface area contributed by atoms with Gasteiger partial charge in [0.1, 0.15) is 23.9 Å². The lowest BCUT2D eigenvalue weighted by Crippen LogP contribution is -2.56. The average Bonchev–Trinajstić information content (AvgIpc) is 2.83. The van der Waals surface area contributed by atoms with Crippen LogP contribution in [0, 0.1) is 0 Å². The number of aromatic hydroxyl groups is 1. The maximum Gasteiger partial charge on any atom is 0.326 e. The van der Waals surface area contributed by atoms with Crippen LogP contribution in [0.25, 0.3) is 0 Å². The zero-order valence-electron chi connectivity index (χ0n) is 21.4. The third-order valence-corrected chi connectivity index (χ3v) is 6.90. The second-order valence-electron chi connectivity index (χ2n) is 9.11. The van der Waals surface area contributed by atoms with Crippen molar-refractivity contribution in [3.63, 3.8) is 0 Å². The Kier molecular flexibility index (Phi) is 14.3. The first-order valence-corrected chi connectivity index (χ1v) is 14.0. The number of aliphatic hydroxyl groups is 1. The van der Waals surface area contributed by atoms with Gasteiger partial charge in [0.25, 0.3) is 5.91 Å². The van der Waals surface area contributed by atoms with Crippen LogP contribution in [-0.2, 0) is 31.6 Å². The predicted molar refractivity (Wildman–Crippen MR) is 139 cm³/mol. The van der Waals surface area contributed by atoms with Crippen molar-refractivity contribution in [3.05, 3.63) is 29.8 Å². The Morgan fingerprint density at radius 3 is 2.25 bits per heavy atom. The van der Waals surface area contributed by atoms with Crippen LogP contribution in [0.15, 0.2) is 24.3 Å². The maximum atomic E-state index is 13.1. The number of unbranched alkanes of at least 4 members (excludes halogenated alkanes) is 4. The summed E-state index contributed by atoms with van der Waals surface area (Å²) in [7, 11) is 0.0856. The highest BCUT2D eigenvalue weighted by Crippen LogP contribution is 2.14. The molecule has 0 radical (unpaired) electrons. The van der Waals surface area contributed by atoms with Crippen molar-refractivity contribution < 1.29 is 33.9 Å². The predicted octanol–water partition coefficient (Wildman–Crippen LogP) is 1.15. The van der Waals surface area contributed by atoms with Gasteiger partial charge in [-0.05, 0) is 30.5 Å². The number of nitrogens with one attached hydrogen (secondary N) is 1. The number of nitrogens with zero attached hydrogens (tertiary/aromatic N) is 1. The fourth-order valence-electron chi connectivity index (χ4n) is 3.80. The highest BCUT2D eigenvalue weighted by atomic mass is 32.2. The van der Waals surface area contributed by atoms with Crippen LogP contribution in [0.2, 0.25) is 0 Å². The standard InChI is InChI=1S/C25H41N3O7S/c1-4-5-6-7-8-9-19(26)22(30)24(32)28(2)21(14-15-36(3)35)23(31)27-20(25(33)34)16-17-10-12-18(29)13-11-17/h10-13,19-22,29-30H,4-9,14-16,26H2,1-3H3,(H,27,31)(H,33,34)/t19-,20-,21-,22-,36+/m0/s1. The molecule has 11 heteroatoms. The molecule has 0 unspecified atom stereocenters. The van der Waals surface area contributed by atoms with Gasteiger partial charge in [0.15, 0.2) is 0 Å². The lowest BCUT2D eigenvalue weighted by Gasteiger charge is -2.31. The number of carbonyl (C=O) groups is 3. The van der Waals surface area contributed by atoms with Gasteiger partial charge in [-0.1, -0.05) is 51.2 Å². The van der Waals surface area contributed by atoms with Crippen molar-refractivity contribution in [1.82, 2.24) is 10.2 Å². The van der Waals surface area contributed by atoms with E-state index in [1.165, 1.54) is 25.4 Å². The van der Waals surface area contributed by atoms with Gasteiger partial charge in [-0.2, -0.15) is 0 Å². The van der Waals surface area contributed by atoms with E-state index in [1.807, 2.05) is 0 Å². The van der Waals surface area contributed by atoms with Gasteiger partial charge in [-0.3, -0.25) is 13.8 Å². The molecule has 1 aromatic rings. The first-order chi connectivity index (χ1) is 17.0. The van der Waals surface area contributed by atoms with Gasteiger partial charge in [0.2, 0.25) is 5.91 Å². The van der Waals surface area contributed by atoms with Crippen LogP contribution in [0.4, 0.5) is 0 Å². The maximum absolute atomic E-state index is 13.1. The fraction of sp³-hybridized carbons (Fsp3) is 0.640. The van der Waals surface area contributed by atoms with E-state index in [-0.39, 0.29) is 24.3 Å². The molecule has 5 atom stereocenters. The number of aliphatic hydroxyl groups excluding tert-OH is 1. The number of amides is 2. The van der Waals surface area contributed by atoms with Crippen LogP contribution >= 0.6 is 0 Å². The monoisotopic (exact) mass is 527 g/mol. The highest BCUT2D eigenvalue weighted by molar-refractivity contribution is 7.84. The number of hydrogen-bond donors (Lipinski definition) is 5. The molecular formula is C25H41N3O7S. The minimum absolute atomic E-state index is 0.0156. The number of nitrogens with two attached hydrogens (primary N) is 1. The zero-order chi connectivity index (χ0) is 27.3. The average molecular weight is 528 g/mol. The van der Waals surface area contributed by atoms with Gasteiger partial charge in [-0.15, -0.1) is 0 Å². The second-order valence-corrected chi connectivity index (χ2v) is 10.7. The molecule has 2 amide bonds. The summed E-state index contributed by atoms with van der Waals surface area (Å²) in [5, 5.41) is 32.0. The van der Waals surface area contributed by atoms with Crippen molar-refractivity contribution in [2.75, 3.05) is 19.1 Å². The van der Waals surface area contributed by atoms with Gasteiger partial charge in [-0.25, -0.2) is 4.79 Å². The van der Waals surface area contributed by atoms with E-state index >= 15 is 0 Å². The van der Waals surface area contributed by atoms with Crippen LogP contribution < -0.4 is 11.1 Å². The number of carbonyl (C=O) groups excluding carboxylic acids is 2. The molecule has 0 saturated heterocycles. The number of rotatable bonds is 17. The molecule has 204 valence electrons. The molecule has 1 aromatic carbocycles. The number of benzene rings is 1. The molecule has 0 aliphatic heterocycles. The molecule has 0 fully saturated rings. The van der Waals surface area contributed by atoms with Crippen LogP contribution in [0.5, 0.6) is 5.75 Å². The Morgan fingerprint density at radius 2 is 1.69 bits per heavy atom. The normalized spacial score (nSPS) is 15.4. The summed E-state index contributed by atoms with van der Waals surface area (Å²) in [4.78, 5) is 38.9. The number of phenols is 1. The Bertz CT molecular complexity index is 866. The summed E-state index contributed by atoms with van der Waals surface area (Å²) < 4.78 is 11.7. The highest BCUT2D eigenvalue weighted by Gasteiger charge is 2.34. The number of aliphatic carboxylic acids is 1. The van der Waals surface area contributed by atoms with E-state index in [0.717, 1.165) is 37.0 Å². The van der Waals surface area contributed by atoms with E-state index in [1.54, 1.807) is 12.1 Å². The Labute approximate surface area is 215 Å². The SMILES string of the molecule is CCCCCCC[C@H](N)[C@H](O)C(=O)N(C)[C@@H](CC[S@@](C)=O)C(=O)N[C@@H](Cc1ccc(O)cc1)C(=O)O. The van der Waals surface area contributed by atoms with Gasteiger partial charge in [0.05, 0.1) is 0 Å². The molecule has 1 rings (SSSR count). The lowest BCUT2D eigenvalue weighted by atomic mass is 10.0. The molecule has 0 aromatic heterocycles. The molecule has 0 aliphatic carbocycles. The summed E-state index contributed by atoms with van der Waals surface area (Å²) >= 11 is 0. The third-order valence-electron chi connectivity index (χ3n) is 6.09. The van der Waals surface area contributed by atoms with Crippen LogP contribution in [0.3, 0.4) is 0 Å². The molecule has 0 aliphatic rings. The fourth-order valence-corrected chi connectivity index (χ4v) is 4.36. The Balaban J connectivity index is 2.91. The summed E-state index contributed by atoms with van der Waals surface area (Å²) in [5.74, 6) is -2.62. The molecule has 6 N–H and O–H groups in total. The second kappa shape index (κ2) is 16.3. The lowest BCUT2D eigenvalue weighted by molar-refractivity contribution is -0.148. The van der Waals surface area contributed by atoms with Crippen molar-refractivity contribution >= 4 is 28.6 Å². The Morgan fingerprint density at radius 1 is 1.08 bits per heavy atom. The van der Waals surface area contributed by atoms with Crippen molar-refractivity contribution in [3.8, 4) is 5.75 Å². The molecule has 10 nitrogen and oxygen atoms in total. The van der Waals surface area contributed by atoms with Crippen molar-refractivity contribution in [1.29, 1.82) is 0 Å². The molecule has 0 bridgehead atoms. The largest absolute Gasteiger partial charge is 0.508 e. The number of carboxylic acids is 1. The van der Waals surface area contributed by atoms with E-state index in [2.05, 4.69) is 12.2 Å². The molecule has 0 heterocycles. The van der Waals surface area contributed by atoms with E-state index in [9.17, 15) is 33.9 Å². The minimum atomic E-state index is -1.52. The minimum Gasteiger partial charge on any atom is -0.508 e. The van der Waals surface area contributed by atoms with Gasteiger partial charge in [0, 0.05) is 42.3 Å². The molecule has 0 spiro atoms. The van der Waals surface area contributed by atoms with Crippen molar-refractivity contribution in [2.24, 2.45) is 5.73 Å². The summed E-state index contributed by atoms with van der Waals surface area (Å²) in [6.07, 6.45) is 5.35. The quantitative estimate of drug-likeness (QED) is 0.188. The Hall–Kier alpha value is -2.50. The number of hydrogen-bond acceptors (Lipinski definition) is 7. The first-order valence-electron chi connectivity index (χ1n) is 12.3. The molecule has 36 heavy (non-hydrogen) atoms. The van der Waals surface area contributed by atoms with Crippen LogP contribution in [-0.4, -0.2) is 85.5 Å². The van der Waals surface area contributed by atoms with Crippen molar-refractivity contribution in [2.45, 2.75) is 82.5 Å². The van der Waals surface area contributed by atoms with Gasteiger partial charge < -0.3 is 31.3 Å². The summed E-state index contributed by atoms with van der Waals surface area (Å²) in [6.45, 7) is 2.11. The molecular weight excluding hydrogens is 486 g/mol. The summed E-state index contributed by atoms with van der Waals surface area (Å²) in [6, 6.07) is 2.68. The molecule has 0 saturated carbocycles. The van der Waals surface area contributed by atoms with Crippen LogP contribution in [0.1, 0.15) is 57.4 Å².